The molecular formula is C18H30N3S+. The number of nitrogens with two attached hydrogens (primary N) is 1. The smallest absolute Gasteiger partial charge is 0.171 e. The monoisotopic (exact) mass is 320 g/mol. The molecule has 0 atom stereocenters. The van der Waals surface area contributed by atoms with Crippen LogP contribution in [0.1, 0.15) is 51.7 Å². The number of quaternary nitrogens is 1. The second-order valence-corrected chi connectivity index (χ2v) is 8.55. The SMILES string of the molecule is Cc1ccc(NC(=S)NC2CC(C)(C)[NH2+]C(C)(C)C2)c(C)c1. The van der Waals surface area contributed by atoms with Gasteiger partial charge in [0.1, 0.15) is 0 Å². The number of thiocarbonyl (C=S) groups is 1. The van der Waals surface area contributed by atoms with Gasteiger partial charge in [-0.25, -0.2) is 0 Å². The average molecular weight is 321 g/mol. The molecule has 122 valence electrons. The average Bonchev–Trinajstić information content (AvgIpc) is 2.28. The Bertz CT molecular complexity index is 547. The summed E-state index contributed by atoms with van der Waals surface area (Å²) < 4.78 is 0. The molecule has 2 rings (SSSR count). The molecule has 0 unspecified atom stereocenters. The topological polar surface area (TPSA) is 40.7 Å². The molecule has 22 heavy (non-hydrogen) atoms. The molecule has 1 aromatic rings. The number of benzene rings is 1. The molecular weight excluding hydrogens is 290 g/mol. The molecule has 1 fully saturated rings. The number of anilines is 1. The summed E-state index contributed by atoms with van der Waals surface area (Å²) in [6.45, 7) is 13.5. The van der Waals surface area contributed by atoms with Crippen molar-refractivity contribution in [1.29, 1.82) is 0 Å². The molecule has 4 N–H and O–H groups in total. The largest absolute Gasteiger partial charge is 0.359 e. The number of hydrogen-bond donors (Lipinski definition) is 3. The van der Waals surface area contributed by atoms with Crippen molar-refractivity contribution < 1.29 is 5.32 Å². The Morgan fingerprint density at radius 1 is 1.14 bits per heavy atom. The van der Waals surface area contributed by atoms with Gasteiger partial charge in [-0.05, 0) is 65.4 Å². The number of aryl methyl sites for hydroxylation is 2. The molecule has 1 saturated heterocycles. The summed E-state index contributed by atoms with van der Waals surface area (Å²) in [5.74, 6) is 0. The third-order valence-electron chi connectivity index (χ3n) is 4.29. The van der Waals surface area contributed by atoms with E-state index < -0.39 is 0 Å². The highest BCUT2D eigenvalue weighted by atomic mass is 32.1. The van der Waals surface area contributed by atoms with E-state index in [1.54, 1.807) is 0 Å². The van der Waals surface area contributed by atoms with Crippen molar-refractivity contribution in [3.8, 4) is 0 Å². The van der Waals surface area contributed by atoms with Gasteiger partial charge >= 0.3 is 0 Å². The summed E-state index contributed by atoms with van der Waals surface area (Å²) in [6.07, 6.45) is 2.23. The van der Waals surface area contributed by atoms with Crippen LogP contribution >= 0.6 is 12.2 Å². The van der Waals surface area contributed by atoms with Crippen molar-refractivity contribution in [2.24, 2.45) is 0 Å². The first kappa shape index (κ1) is 17.2. The number of hydrogen-bond acceptors (Lipinski definition) is 1. The van der Waals surface area contributed by atoms with Crippen molar-refractivity contribution in [2.75, 3.05) is 5.32 Å². The maximum atomic E-state index is 5.53. The van der Waals surface area contributed by atoms with E-state index >= 15 is 0 Å². The predicted molar refractivity (Wildman–Crippen MR) is 98.4 cm³/mol. The van der Waals surface area contributed by atoms with E-state index in [-0.39, 0.29) is 11.1 Å². The summed E-state index contributed by atoms with van der Waals surface area (Å²) in [5, 5.41) is 10.1. The van der Waals surface area contributed by atoms with Crippen molar-refractivity contribution in [2.45, 2.75) is 71.5 Å². The lowest BCUT2D eigenvalue weighted by atomic mass is 9.80. The van der Waals surface area contributed by atoms with Gasteiger partial charge in [0, 0.05) is 24.6 Å². The number of piperidine rings is 1. The van der Waals surface area contributed by atoms with E-state index in [4.69, 9.17) is 12.2 Å². The molecule has 0 aromatic heterocycles. The van der Waals surface area contributed by atoms with Crippen LogP contribution in [0.2, 0.25) is 0 Å². The van der Waals surface area contributed by atoms with Crippen LogP contribution in [-0.2, 0) is 0 Å². The number of rotatable bonds is 2. The van der Waals surface area contributed by atoms with Gasteiger partial charge in [-0.3, -0.25) is 0 Å². The predicted octanol–water partition coefficient (Wildman–Crippen LogP) is 2.87. The van der Waals surface area contributed by atoms with E-state index in [0.29, 0.717) is 6.04 Å². The molecule has 3 nitrogen and oxygen atoms in total. The van der Waals surface area contributed by atoms with Crippen molar-refractivity contribution in [3.05, 3.63) is 29.3 Å². The standard InChI is InChI=1S/C18H29N3S/c1-12-7-8-15(13(2)9-12)20-16(22)19-14-10-17(3,4)21-18(5,6)11-14/h7-9,14,21H,10-11H2,1-6H3,(H2,19,20,22)/p+1. The third kappa shape index (κ3) is 4.68. The van der Waals surface area contributed by atoms with Crippen molar-refractivity contribution in [1.82, 2.24) is 5.32 Å². The van der Waals surface area contributed by atoms with Crippen LogP contribution < -0.4 is 16.0 Å². The molecule has 0 bridgehead atoms. The summed E-state index contributed by atoms with van der Waals surface area (Å²) in [6, 6.07) is 6.80. The van der Waals surface area contributed by atoms with Crippen LogP contribution in [0.15, 0.2) is 18.2 Å². The summed E-state index contributed by atoms with van der Waals surface area (Å²) >= 11 is 5.53. The van der Waals surface area contributed by atoms with Gasteiger partial charge in [-0.2, -0.15) is 0 Å². The molecule has 1 aromatic carbocycles. The van der Waals surface area contributed by atoms with Crippen LogP contribution in [0.4, 0.5) is 5.69 Å². The van der Waals surface area contributed by atoms with Gasteiger partial charge in [0.25, 0.3) is 0 Å². The summed E-state index contributed by atoms with van der Waals surface area (Å²) in [5.41, 5.74) is 4.07. The minimum atomic E-state index is 0.245. The van der Waals surface area contributed by atoms with Crippen LogP contribution in [0.3, 0.4) is 0 Å². The lowest BCUT2D eigenvalue weighted by molar-refractivity contribution is -0.787. The van der Waals surface area contributed by atoms with E-state index in [1.165, 1.54) is 11.1 Å². The van der Waals surface area contributed by atoms with Gasteiger partial charge in [0.2, 0.25) is 0 Å². The van der Waals surface area contributed by atoms with E-state index in [1.807, 2.05) is 0 Å². The normalized spacial score (nSPS) is 20.5. The lowest BCUT2D eigenvalue weighted by Gasteiger charge is -2.43. The van der Waals surface area contributed by atoms with Crippen molar-refractivity contribution >= 4 is 23.0 Å². The van der Waals surface area contributed by atoms with E-state index in [2.05, 4.69) is 75.7 Å². The molecule has 1 aliphatic rings. The molecule has 0 saturated carbocycles. The molecule has 0 amide bonds. The van der Waals surface area contributed by atoms with Crippen LogP contribution in [0.25, 0.3) is 0 Å². The Hall–Kier alpha value is -1.13. The minimum absolute atomic E-state index is 0.245. The third-order valence-corrected chi connectivity index (χ3v) is 4.51. The van der Waals surface area contributed by atoms with Gasteiger partial charge in [0.05, 0.1) is 11.1 Å². The second kappa shape index (κ2) is 6.17. The first-order chi connectivity index (χ1) is 10.1. The van der Waals surface area contributed by atoms with Gasteiger partial charge in [0.15, 0.2) is 5.11 Å². The maximum Gasteiger partial charge on any atom is 0.171 e. The Kier molecular flexibility index (Phi) is 4.83. The minimum Gasteiger partial charge on any atom is -0.359 e. The highest BCUT2D eigenvalue weighted by Gasteiger charge is 2.41. The van der Waals surface area contributed by atoms with Crippen LogP contribution in [0, 0.1) is 13.8 Å². The Morgan fingerprint density at radius 3 is 2.27 bits per heavy atom. The Morgan fingerprint density at radius 2 is 1.73 bits per heavy atom. The Balaban J connectivity index is 1.99. The van der Waals surface area contributed by atoms with Gasteiger partial charge < -0.3 is 16.0 Å². The molecule has 1 heterocycles. The molecule has 4 heteroatoms. The molecule has 0 radical (unpaired) electrons. The highest BCUT2D eigenvalue weighted by molar-refractivity contribution is 7.80. The molecule has 1 aliphatic heterocycles. The molecule has 0 aliphatic carbocycles. The number of nitrogens with one attached hydrogen (secondary N) is 2. The summed E-state index contributed by atoms with van der Waals surface area (Å²) in [7, 11) is 0. The maximum absolute atomic E-state index is 5.53. The second-order valence-electron chi connectivity index (χ2n) is 8.14. The first-order valence-corrected chi connectivity index (χ1v) is 8.49. The van der Waals surface area contributed by atoms with E-state index in [9.17, 15) is 0 Å². The van der Waals surface area contributed by atoms with E-state index in [0.717, 1.165) is 23.6 Å². The first-order valence-electron chi connectivity index (χ1n) is 8.08. The fraction of sp³-hybridized carbons (Fsp3) is 0.611. The zero-order valence-corrected chi connectivity index (χ0v) is 15.5. The van der Waals surface area contributed by atoms with Gasteiger partial charge in [-0.15, -0.1) is 0 Å². The zero-order chi connectivity index (χ0) is 16.5. The fourth-order valence-electron chi connectivity index (χ4n) is 3.92. The summed E-state index contributed by atoms with van der Waals surface area (Å²) in [4.78, 5) is 0. The zero-order valence-electron chi connectivity index (χ0n) is 14.7. The van der Waals surface area contributed by atoms with Crippen LogP contribution in [0.5, 0.6) is 0 Å². The Labute approximate surface area is 140 Å². The van der Waals surface area contributed by atoms with Crippen LogP contribution in [-0.4, -0.2) is 22.2 Å². The quantitative estimate of drug-likeness (QED) is 0.734. The fourth-order valence-corrected chi connectivity index (χ4v) is 4.19. The van der Waals surface area contributed by atoms with Crippen molar-refractivity contribution in [3.63, 3.8) is 0 Å². The molecule has 0 spiro atoms. The van der Waals surface area contributed by atoms with Gasteiger partial charge in [-0.1, -0.05) is 17.7 Å². The lowest BCUT2D eigenvalue weighted by Crippen LogP contribution is -3.06. The highest BCUT2D eigenvalue weighted by Crippen LogP contribution is 2.22.